The SMILES string of the molecule is CCCCNC(=O)C1C(=O)C(C)N(Cc2ccccc2)C1=O. The highest BCUT2D eigenvalue weighted by atomic mass is 16.2. The highest BCUT2D eigenvalue weighted by molar-refractivity contribution is 6.23. The molecule has 5 nitrogen and oxygen atoms in total. The van der Waals surface area contributed by atoms with Crippen molar-refractivity contribution in [3.63, 3.8) is 0 Å². The maximum Gasteiger partial charge on any atom is 0.243 e. The van der Waals surface area contributed by atoms with Gasteiger partial charge in [0.2, 0.25) is 11.8 Å². The minimum Gasteiger partial charge on any atom is -0.355 e. The molecule has 1 saturated heterocycles. The molecule has 0 radical (unpaired) electrons. The van der Waals surface area contributed by atoms with E-state index >= 15 is 0 Å². The number of rotatable bonds is 6. The van der Waals surface area contributed by atoms with E-state index in [1.165, 1.54) is 4.90 Å². The molecule has 1 aromatic carbocycles. The lowest BCUT2D eigenvalue weighted by Gasteiger charge is -2.20. The van der Waals surface area contributed by atoms with Gasteiger partial charge in [0.1, 0.15) is 0 Å². The van der Waals surface area contributed by atoms with Crippen LogP contribution in [-0.4, -0.2) is 35.1 Å². The first-order valence-corrected chi connectivity index (χ1v) is 7.72. The highest BCUT2D eigenvalue weighted by Gasteiger charge is 2.48. The van der Waals surface area contributed by atoms with Gasteiger partial charge in [-0.05, 0) is 18.9 Å². The van der Waals surface area contributed by atoms with E-state index < -0.39 is 23.8 Å². The summed E-state index contributed by atoms with van der Waals surface area (Å²) >= 11 is 0. The zero-order valence-corrected chi connectivity index (χ0v) is 13.0. The summed E-state index contributed by atoms with van der Waals surface area (Å²) in [6.07, 6.45) is 1.79. The van der Waals surface area contributed by atoms with Crippen LogP contribution in [0.15, 0.2) is 30.3 Å². The predicted octanol–water partition coefficient (Wildman–Crippen LogP) is 1.52. The quantitative estimate of drug-likeness (QED) is 0.640. The number of nitrogens with one attached hydrogen (secondary N) is 1. The number of unbranched alkanes of at least 4 members (excludes halogenated alkanes) is 1. The third-order valence-electron chi connectivity index (χ3n) is 3.98. The van der Waals surface area contributed by atoms with Crippen molar-refractivity contribution < 1.29 is 14.4 Å². The molecule has 0 spiro atoms. The van der Waals surface area contributed by atoms with Crippen molar-refractivity contribution in [2.75, 3.05) is 6.54 Å². The summed E-state index contributed by atoms with van der Waals surface area (Å²) in [6, 6.07) is 8.91. The van der Waals surface area contributed by atoms with Gasteiger partial charge in [0, 0.05) is 13.1 Å². The summed E-state index contributed by atoms with van der Waals surface area (Å²) in [7, 11) is 0. The Morgan fingerprint density at radius 1 is 1.23 bits per heavy atom. The van der Waals surface area contributed by atoms with Crippen LogP contribution in [0.1, 0.15) is 32.3 Å². The molecule has 1 aliphatic heterocycles. The van der Waals surface area contributed by atoms with Crippen LogP contribution in [0.4, 0.5) is 0 Å². The number of likely N-dealkylation sites (tertiary alicyclic amines) is 1. The van der Waals surface area contributed by atoms with Gasteiger partial charge in [-0.2, -0.15) is 0 Å². The average molecular weight is 302 g/mol. The Morgan fingerprint density at radius 2 is 1.91 bits per heavy atom. The van der Waals surface area contributed by atoms with Crippen molar-refractivity contribution in [1.29, 1.82) is 0 Å². The Balaban J connectivity index is 2.07. The normalized spacial score (nSPS) is 21.3. The van der Waals surface area contributed by atoms with Gasteiger partial charge in [0.25, 0.3) is 0 Å². The molecule has 22 heavy (non-hydrogen) atoms. The molecule has 0 saturated carbocycles. The number of ketones is 1. The maximum atomic E-state index is 12.4. The standard InChI is InChI=1S/C17H22N2O3/c1-3-4-10-18-16(21)14-15(20)12(2)19(17(14)22)11-13-8-6-5-7-9-13/h5-9,12,14H,3-4,10-11H2,1-2H3,(H,18,21). The van der Waals surface area contributed by atoms with Gasteiger partial charge in [-0.25, -0.2) is 0 Å². The van der Waals surface area contributed by atoms with Gasteiger partial charge in [0.15, 0.2) is 11.7 Å². The minimum atomic E-state index is -1.18. The largest absolute Gasteiger partial charge is 0.355 e. The molecule has 1 N–H and O–H groups in total. The summed E-state index contributed by atoms with van der Waals surface area (Å²) in [5.74, 6) is -2.35. The van der Waals surface area contributed by atoms with Crippen molar-refractivity contribution >= 4 is 17.6 Å². The topological polar surface area (TPSA) is 66.5 Å². The fraction of sp³-hybridized carbons (Fsp3) is 0.471. The molecule has 2 atom stereocenters. The number of benzene rings is 1. The molecular formula is C17H22N2O3. The third-order valence-corrected chi connectivity index (χ3v) is 3.98. The van der Waals surface area contributed by atoms with Gasteiger partial charge < -0.3 is 10.2 Å². The smallest absolute Gasteiger partial charge is 0.243 e. The average Bonchev–Trinajstić information content (AvgIpc) is 2.72. The second-order valence-electron chi connectivity index (χ2n) is 5.61. The van der Waals surface area contributed by atoms with Gasteiger partial charge in [-0.1, -0.05) is 43.7 Å². The number of amides is 2. The fourth-order valence-electron chi connectivity index (χ4n) is 2.60. The van der Waals surface area contributed by atoms with E-state index in [1.54, 1.807) is 6.92 Å². The van der Waals surface area contributed by atoms with Crippen molar-refractivity contribution in [2.45, 2.75) is 39.3 Å². The number of hydrogen-bond acceptors (Lipinski definition) is 3. The Hall–Kier alpha value is -2.17. The molecule has 2 amide bonds. The zero-order chi connectivity index (χ0) is 16.1. The van der Waals surface area contributed by atoms with Crippen LogP contribution in [0.2, 0.25) is 0 Å². The lowest BCUT2D eigenvalue weighted by atomic mass is 10.0. The highest BCUT2D eigenvalue weighted by Crippen LogP contribution is 2.23. The van der Waals surface area contributed by atoms with Gasteiger partial charge >= 0.3 is 0 Å². The molecule has 1 aliphatic rings. The maximum absolute atomic E-state index is 12.4. The van der Waals surface area contributed by atoms with Crippen LogP contribution in [0.3, 0.4) is 0 Å². The fourth-order valence-corrected chi connectivity index (χ4v) is 2.60. The van der Waals surface area contributed by atoms with Crippen LogP contribution in [0, 0.1) is 5.92 Å². The minimum absolute atomic E-state index is 0.310. The van der Waals surface area contributed by atoms with Crippen molar-refractivity contribution in [3.05, 3.63) is 35.9 Å². The summed E-state index contributed by atoms with van der Waals surface area (Å²) < 4.78 is 0. The molecule has 118 valence electrons. The van der Waals surface area contributed by atoms with Gasteiger partial charge in [0.05, 0.1) is 6.04 Å². The zero-order valence-electron chi connectivity index (χ0n) is 13.0. The van der Waals surface area contributed by atoms with Crippen LogP contribution in [-0.2, 0) is 20.9 Å². The van der Waals surface area contributed by atoms with E-state index in [-0.39, 0.29) is 5.78 Å². The van der Waals surface area contributed by atoms with Crippen LogP contribution in [0.5, 0.6) is 0 Å². The Kier molecular flexibility index (Phi) is 5.31. The molecule has 0 bridgehead atoms. The first-order chi connectivity index (χ1) is 10.6. The predicted molar refractivity (Wildman–Crippen MR) is 82.9 cm³/mol. The first kappa shape index (κ1) is 16.2. The Morgan fingerprint density at radius 3 is 2.55 bits per heavy atom. The van der Waals surface area contributed by atoms with E-state index in [9.17, 15) is 14.4 Å². The molecule has 0 aromatic heterocycles. The van der Waals surface area contributed by atoms with E-state index in [0.717, 1.165) is 18.4 Å². The van der Waals surface area contributed by atoms with Crippen molar-refractivity contribution in [1.82, 2.24) is 10.2 Å². The molecule has 5 heteroatoms. The number of carbonyl (C=O) groups excluding carboxylic acids is 3. The third kappa shape index (κ3) is 3.35. The van der Waals surface area contributed by atoms with Crippen molar-refractivity contribution in [3.8, 4) is 0 Å². The lowest BCUT2D eigenvalue weighted by molar-refractivity contribution is -0.140. The van der Waals surface area contributed by atoms with Gasteiger partial charge in [-0.3, -0.25) is 14.4 Å². The molecule has 1 aromatic rings. The molecule has 1 heterocycles. The van der Waals surface area contributed by atoms with E-state index in [4.69, 9.17) is 0 Å². The Labute approximate surface area is 130 Å². The monoisotopic (exact) mass is 302 g/mol. The first-order valence-electron chi connectivity index (χ1n) is 7.72. The van der Waals surface area contributed by atoms with E-state index in [0.29, 0.717) is 13.1 Å². The Bertz CT molecular complexity index is 556. The van der Waals surface area contributed by atoms with Crippen LogP contribution >= 0.6 is 0 Å². The molecule has 2 unspecified atom stereocenters. The van der Waals surface area contributed by atoms with E-state index in [2.05, 4.69) is 5.32 Å². The molecule has 2 rings (SSSR count). The number of nitrogens with zero attached hydrogens (tertiary/aromatic N) is 1. The molecular weight excluding hydrogens is 280 g/mol. The summed E-state index contributed by atoms with van der Waals surface area (Å²) in [6.45, 7) is 4.55. The van der Waals surface area contributed by atoms with E-state index in [1.807, 2.05) is 37.3 Å². The van der Waals surface area contributed by atoms with Crippen LogP contribution < -0.4 is 5.32 Å². The number of hydrogen-bond donors (Lipinski definition) is 1. The molecule has 0 aliphatic carbocycles. The van der Waals surface area contributed by atoms with Crippen LogP contribution in [0.25, 0.3) is 0 Å². The second kappa shape index (κ2) is 7.20. The lowest BCUT2D eigenvalue weighted by Crippen LogP contribution is -2.38. The summed E-state index contributed by atoms with van der Waals surface area (Å²) in [5, 5.41) is 2.68. The number of Topliss-reactive ketones (excluding diaryl/α,β-unsaturated/α-hetero) is 1. The second-order valence-corrected chi connectivity index (χ2v) is 5.61. The number of carbonyl (C=O) groups is 3. The summed E-state index contributed by atoms with van der Waals surface area (Å²) in [4.78, 5) is 38.3. The van der Waals surface area contributed by atoms with Crippen molar-refractivity contribution in [2.24, 2.45) is 5.92 Å². The van der Waals surface area contributed by atoms with Gasteiger partial charge in [-0.15, -0.1) is 0 Å². The summed E-state index contributed by atoms with van der Waals surface area (Å²) in [5.41, 5.74) is 0.947. The molecule has 1 fully saturated rings.